The van der Waals surface area contributed by atoms with Gasteiger partial charge in [0.15, 0.2) is 6.61 Å². The number of hydrogen-bond donors (Lipinski definition) is 2. The van der Waals surface area contributed by atoms with Crippen LogP contribution in [0.25, 0.3) is 0 Å². The molecule has 0 fully saturated rings. The van der Waals surface area contributed by atoms with Crippen LogP contribution >= 0.6 is 0 Å². The predicted octanol–water partition coefficient (Wildman–Crippen LogP) is 4.77. The van der Waals surface area contributed by atoms with Crippen LogP contribution in [0.4, 0.5) is 18.9 Å². The average Bonchev–Trinajstić information content (AvgIpc) is 2.78. The van der Waals surface area contributed by atoms with Crippen molar-refractivity contribution in [3.63, 3.8) is 0 Å². The molecule has 9 heteroatoms. The summed E-state index contributed by atoms with van der Waals surface area (Å²) in [5.74, 6) is -0.932. The Morgan fingerprint density at radius 1 is 0.969 bits per heavy atom. The molecular formula is C23H20F3N3O3. The lowest BCUT2D eigenvalue weighted by Gasteiger charge is -2.16. The molecule has 0 aliphatic carbocycles. The first-order valence-electron chi connectivity index (χ1n) is 9.64. The highest BCUT2D eigenvalue weighted by atomic mass is 19.4. The number of carbonyl (C=O) groups excluding carboxylic acids is 2. The van der Waals surface area contributed by atoms with Crippen LogP contribution in [0.3, 0.4) is 0 Å². The predicted molar refractivity (Wildman–Crippen MR) is 113 cm³/mol. The molecule has 32 heavy (non-hydrogen) atoms. The van der Waals surface area contributed by atoms with E-state index in [1.807, 2.05) is 6.07 Å². The lowest BCUT2D eigenvalue weighted by molar-refractivity contribution is -0.154. The number of nitrogens with one attached hydrogen (secondary N) is 2. The molecule has 0 bridgehead atoms. The molecular weight excluding hydrogens is 423 g/mol. The van der Waals surface area contributed by atoms with Crippen LogP contribution in [0.1, 0.15) is 39.2 Å². The van der Waals surface area contributed by atoms with E-state index in [1.165, 1.54) is 12.1 Å². The molecule has 2 amide bonds. The molecule has 1 heterocycles. The van der Waals surface area contributed by atoms with E-state index in [-0.39, 0.29) is 17.4 Å². The lowest BCUT2D eigenvalue weighted by Crippen LogP contribution is -2.27. The molecule has 3 aromatic rings. The van der Waals surface area contributed by atoms with Crippen molar-refractivity contribution in [3.8, 4) is 5.88 Å². The highest BCUT2D eigenvalue weighted by molar-refractivity contribution is 6.04. The number of rotatable bonds is 7. The summed E-state index contributed by atoms with van der Waals surface area (Å²) in [4.78, 5) is 28.5. The number of alkyl halides is 3. The Morgan fingerprint density at radius 2 is 1.72 bits per heavy atom. The van der Waals surface area contributed by atoms with Gasteiger partial charge in [-0.2, -0.15) is 13.2 Å². The van der Waals surface area contributed by atoms with Gasteiger partial charge in [0.1, 0.15) is 0 Å². The van der Waals surface area contributed by atoms with Crippen molar-refractivity contribution in [2.24, 2.45) is 0 Å². The standard InChI is InChI=1S/C23H20F3N3O3/c1-15(28-22(31)18-10-11-20(27-13-18)32-14-23(24,25)26)17-8-5-9-19(12-17)29-21(30)16-6-3-2-4-7-16/h2-13,15H,14H2,1H3,(H,28,31)(H,29,30). The van der Waals surface area contributed by atoms with Crippen LogP contribution in [0, 0.1) is 0 Å². The first-order chi connectivity index (χ1) is 15.2. The summed E-state index contributed by atoms with van der Waals surface area (Å²) in [6, 6.07) is 17.9. The minimum atomic E-state index is -4.47. The molecule has 0 saturated heterocycles. The highest BCUT2D eigenvalue weighted by Crippen LogP contribution is 2.20. The molecule has 0 radical (unpaired) electrons. The molecule has 0 saturated carbocycles. The van der Waals surface area contributed by atoms with Gasteiger partial charge < -0.3 is 15.4 Å². The largest absolute Gasteiger partial charge is 0.468 e. The van der Waals surface area contributed by atoms with Crippen molar-refractivity contribution >= 4 is 17.5 Å². The monoisotopic (exact) mass is 443 g/mol. The zero-order valence-corrected chi connectivity index (χ0v) is 17.0. The first-order valence-corrected chi connectivity index (χ1v) is 9.64. The molecule has 0 spiro atoms. The minimum Gasteiger partial charge on any atom is -0.468 e. The van der Waals surface area contributed by atoms with Gasteiger partial charge in [0.05, 0.1) is 11.6 Å². The summed E-state index contributed by atoms with van der Waals surface area (Å²) in [6.45, 7) is 0.310. The highest BCUT2D eigenvalue weighted by Gasteiger charge is 2.28. The maximum Gasteiger partial charge on any atom is 0.422 e. The van der Waals surface area contributed by atoms with Crippen molar-refractivity contribution in [2.45, 2.75) is 19.1 Å². The molecule has 0 aliphatic heterocycles. The Labute approximate surface area is 182 Å². The second-order valence-electron chi connectivity index (χ2n) is 6.93. The van der Waals surface area contributed by atoms with Crippen LogP contribution in [0.2, 0.25) is 0 Å². The molecule has 0 aliphatic rings. The smallest absolute Gasteiger partial charge is 0.422 e. The third kappa shape index (κ3) is 6.56. The van der Waals surface area contributed by atoms with Crippen LogP contribution in [-0.4, -0.2) is 29.6 Å². The summed E-state index contributed by atoms with van der Waals surface area (Å²) >= 11 is 0. The first kappa shape index (κ1) is 22.8. The number of pyridine rings is 1. The Kier molecular flexibility index (Phi) is 7.09. The number of carbonyl (C=O) groups is 2. The van der Waals surface area contributed by atoms with Gasteiger partial charge >= 0.3 is 6.18 Å². The van der Waals surface area contributed by atoms with Gasteiger partial charge in [-0.15, -0.1) is 0 Å². The molecule has 166 valence electrons. The number of aromatic nitrogens is 1. The normalized spacial score (nSPS) is 12.0. The SMILES string of the molecule is CC(NC(=O)c1ccc(OCC(F)(F)F)nc1)c1cccc(NC(=O)c2ccccc2)c1. The zero-order chi connectivity index (χ0) is 23.1. The molecule has 1 unspecified atom stereocenters. The fourth-order valence-electron chi connectivity index (χ4n) is 2.80. The maximum absolute atomic E-state index is 12.5. The lowest BCUT2D eigenvalue weighted by atomic mass is 10.1. The van der Waals surface area contributed by atoms with E-state index in [0.717, 1.165) is 11.8 Å². The topological polar surface area (TPSA) is 80.3 Å². The van der Waals surface area contributed by atoms with Crippen molar-refractivity contribution in [1.29, 1.82) is 0 Å². The van der Waals surface area contributed by atoms with Gasteiger partial charge in [0.2, 0.25) is 5.88 Å². The van der Waals surface area contributed by atoms with E-state index in [2.05, 4.69) is 20.4 Å². The van der Waals surface area contributed by atoms with Crippen LogP contribution < -0.4 is 15.4 Å². The van der Waals surface area contributed by atoms with Gasteiger partial charge in [-0.1, -0.05) is 30.3 Å². The van der Waals surface area contributed by atoms with E-state index < -0.39 is 24.7 Å². The van der Waals surface area contributed by atoms with Gasteiger partial charge in [-0.05, 0) is 42.8 Å². The van der Waals surface area contributed by atoms with Crippen LogP contribution in [-0.2, 0) is 0 Å². The number of halogens is 3. The minimum absolute atomic E-state index is 0.171. The number of benzene rings is 2. The van der Waals surface area contributed by atoms with Crippen LogP contribution in [0.15, 0.2) is 72.9 Å². The second-order valence-corrected chi connectivity index (χ2v) is 6.93. The van der Waals surface area contributed by atoms with Gasteiger partial charge in [0.25, 0.3) is 11.8 Å². The number of nitrogens with zero attached hydrogens (tertiary/aromatic N) is 1. The van der Waals surface area contributed by atoms with Gasteiger partial charge in [-0.25, -0.2) is 4.98 Å². The molecule has 3 rings (SSSR count). The Morgan fingerprint density at radius 3 is 2.38 bits per heavy atom. The molecule has 6 nitrogen and oxygen atoms in total. The molecule has 1 aromatic heterocycles. The van der Waals surface area contributed by atoms with Crippen molar-refractivity contribution in [3.05, 3.63) is 89.6 Å². The van der Waals surface area contributed by atoms with E-state index in [1.54, 1.807) is 55.5 Å². The van der Waals surface area contributed by atoms with Gasteiger partial charge in [0, 0.05) is 23.5 Å². The summed E-state index contributed by atoms with van der Waals surface area (Å²) in [6.07, 6.45) is -3.33. The van der Waals surface area contributed by atoms with E-state index >= 15 is 0 Å². The fourth-order valence-corrected chi connectivity index (χ4v) is 2.80. The van der Waals surface area contributed by atoms with Crippen molar-refractivity contribution in [1.82, 2.24) is 10.3 Å². The Hall–Kier alpha value is -3.88. The quantitative estimate of drug-likeness (QED) is 0.552. The second kappa shape index (κ2) is 9.95. The number of amides is 2. The summed E-state index contributed by atoms with van der Waals surface area (Å²) in [5, 5.41) is 5.60. The number of anilines is 1. The maximum atomic E-state index is 12.5. The van der Waals surface area contributed by atoms with E-state index in [4.69, 9.17) is 0 Å². The third-order valence-corrected chi connectivity index (χ3v) is 4.41. The Bertz CT molecular complexity index is 1070. The molecule has 2 aromatic carbocycles. The number of ether oxygens (including phenoxy) is 1. The van der Waals surface area contributed by atoms with Crippen molar-refractivity contribution in [2.75, 3.05) is 11.9 Å². The average molecular weight is 443 g/mol. The van der Waals surface area contributed by atoms with E-state index in [9.17, 15) is 22.8 Å². The van der Waals surface area contributed by atoms with Crippen molar-refractivity contribution < 1.29 is 27.5 Å². The zero-order valence-electron chi connectivity index (χ0n) is 17.0. The molecule has 1 atom stereocenters. The summed E-state index contributed by atoms with van der Waals surface area (Å²) in [7, 11) is 0. The van der Waals surface area contributed by atoms with Crippen LogP contribution in [0.5, 0.6) is 5.88 Å². The summed E-state index contributed by atoms with van der Waals surface area (Å²) in [5.41, 5.74) is 2.02. The fraction of sp³-hybridized carbons (Fsp3) is 0.174. The Balaban J connectivity index is 1.60. The van der Waals surface area contributed by atoms with E-state index in [0.29, 0.717) is 11.3 Å². The third-order valence-electron chi connectivity index (χ3n) is 4.41. The number of hydrogen-bond acceptors (Lipinski definition) is 4. The summed E-state index contributed by atoms with van der Waals surface area (Å²) < 4.78 is 41.1. The molecule has 2 N–H and O–H groups in total. The van der Waals surface area contributed by atoms with Gasteiger partial charge in [-0.3, -0.25) is 9.59 Å².